The Bertz CT molecular complexity index is 802. The van der Waals surface area contributed by atoms with E-state index in [0.717, 1.165) is 35.0 Å². The van der Waals surface area contributed by atoms with Crippen LogP contribution < -0.4 is 5.73 Å². The van der Waals surface area contributed by atoms with Crippen LogP contribution in [0.2, 0.25) is 0 Å². The second kappa shape index (κ2) is 3.93. The molecule has 1 saturated heterocycles. The van der Waals surface area contributed by atoms with E-state index in [-0.39, 0.29) is 5.54 Å². The lowest BCUT2D eigenvalue weighted by atomic mass is 10.0. The lowest BCUT2D eigenvalue weighted by Crippen LogP contribution is -2.31. The summed E-state index contributed by atoms with van der Waals surface area (Å²) in [5, 5.41) is 1.09. The summed E-state index contributed by atoms with van der Waals surface area (Å²) in [6.45, 7) is 3.60. The molecule has 0 amide bonds. The van der Waals surface area contributed by atoms with Gasteiger partial charge >= 0.3 is 0 Å². The molecule has 1 aliphatic heterocycles. The first kappa shape index (κ1) is 11.7. The van der Waals surface area contributed by atoms with Crippen LogP contribution >= 0.6 is 0 Å². The quantitative estimate of drug-likeness (QED) is 0.735. The number of rotatable bonds is 1. The second-order valence-corrected chi connectivity index (χ2v) is 5.61. The van der Waals surface area contributed by atoms with Gasteiger partial charge in [0.05, 0.1) is 29.4 Å². The first-order valence-corrected chi connectivity index (χ1v) is 6.79. The molecule has 3 heterocycles. The average Bonchev–Trinajstić information content (AvgIpc) is 3.02. The Labute approximate surface area is 116 Å². The van der Waals surface area contributed by atoms with Gasteiger partial charge < -0.3 is 15.0 Å². The average molecular weight is 268 g/mol. The molecule has 1 unspecified atom stereocenters. The van der Waals surface area contributed by atoms with E-state index in [0.29, 0.717) is 12.6 Å². The third kappa shape index (κ3) is 1.47. The fourth-order valence-corrected chi connectivity index (χ4v) is 3.10. The largest absolute Gasteiger partial charge is 0.379 e. The van der Waals surface area contributed by atoms with Crippen LogP contribution in [0.1, 0.15) is 13.3 Å². The van der Waals surface area contributed by atoms with Crippen LogP contribution in [0, 0.1) is 0 Å². The Balaban J connectivity index is 2.14. The Morgan fingerprint density at radius 1 is 1.30 bits per heavy atom. The molecule has 2 aromatic heterocycles. The topological polar surface area (TPSA) is 66.0 Å². The molecule has 1 aromatic carbocycles. The van der Waals surface area contributed by atoms with Crippen molar-refractivity contribution in [2.45, 2.75) is 18.9 Å². The molecule has 0 saturated carbocycles. The van der Waals surface area contributed by atoms with Crippen LogP contribution in [0.3, 0.4) is 0 Å². The lowest BCUT2D eigenvalue weighted by Gasteiger charge is -2.26. The molecule has 102 valence electrons. The number of ether oxygens (including phenoxy) is 1. The van der Waals surface area contributed by atoms with E-state index in [9.17, 15) is 0 Å². The maximum atomic E-state index is 6.18. The number of para-hydroxylation sites is 1. The van der Waals surface area contributed by atoms with Crippen molar-refractivity contribution in [3.8, 4) is 0 Å². The first-order valence-electron chi connectivity index (χ1n) is 6.79. The van der Waals surface area contributed by atoms with Crippen molar-refractivity contribution in [1.82, 2.24) is 14.5 Å². The van der Waals surface area contributed by atoms with Crippen molar-refractivity contribution in [2.24, 2.45) is 0 Å². The normalized spacial score (nSPS) is 22.9. The maximum absolute atomic E-state index is 6.18. The fourth-order valence-electron chi connectivity index (χ4n) is 3.10. The Hall–Kier alpha value is -2.14. The van der Waals surface area contributed by atoms with Crippen molar-refractivity contribution in [1.29, 1.82) is 0 Å². The zero-order chi connectivity index (χ0) is 13.7. The third-order valence-corrected chi connectivity index (χ3v) is 4.15. The maximum Gasteiger partial charge on any atom is 0.201 e. The van der Waals surface area contributed by atoms with Gasteiger partial charge in [0.1, 0.15) is 5.52 Å². The van der Waals surface area contributed by atoms with Gasteiger partial charge in [-0.25, -0.2) is 4.98 Å². The number of anilines is 1. The Morgan fingerprint density at radius 3 is 2.95 bits per heavy atom. The number of benzene rings is 1. The molecule has 5 heteroatoms. The summed E-state index contributed by atoms with van der Waals surface area (Å²) in [5.41, 5.74) is 8.90. The number of nitrogens with zero attached hydrogens (tertiary/aromatic N) is 3. The Kier molecular flexibility index (Phi) is 2.29. The van der Waals surface area contributed by atoms with Gasteiger partial charge in [-0.2, -0.15) is 0 Å². The molecule has 4 rings (SSSR count). The molecular formula is C15H16N4O. The predicted octanol–water partition coefficient (Wildman–Crippen LogP) is 2.30. The van der Waals surface area contributed by atoms with Crippen molar-refractivity contribution in [3.05, 3.63) is 30.5 Å². The monoisotopic (exact) mass is 268 g/mol. The number of nitrogens with two attached hydrogens (primary N) is 1. The van der Waals surface area contributed by atoms with Crippen LogP contribution in [0.15, 0.2) is 30.5 Å². The zero-order valence-corrected chi connectivity index (χ0v) is 11.3. The summed E-state index contributed by atoms with van der Waals surface area (Å²) in [7, 11) is 0. The zero-order valence-electron chi connectivity index (χ0n) is 11.3. The van der Waals surface area contributed by atoms with Crippen molar-refractivity contribution < 1.29 is 4.74 Å². The van der Waals surface area contributed by atoms with Crippen molar-refractivity contribution in [3.63, 3.8) is 0 Å². The van der Waals surface area contributed by atoms with Crippen LogP contribution in [0.25, 0.3) is 21.9 Å². The molecule has 3 aromatic rings. The minimum atomic E-state index is -0.136. The number of hydrogen-bond donors (Lipinski definition) is 1. The number of imidazole rings is 1. The van der Waals surface area contributed by atoms with E-state index >= 15 is 0 Å². The standard InChI is InChI=1S/C15H16N4O/c1-15(6-7-20-9-15)19-13-10-4-2-3-5-11(10)17-8-12(13)18-14(19)16/h2-5,8H,6-7,9H2,1H3,(H2,16,18). The van der Waals surface area contributed by atoms with Crippen LogP contribution in [-0.4, -0.2) is 27.7 Å². The van der Waals surface area contributed by atoms with Crippen LogP contribution in [-0.2, 0) is 10.3 Å². The number of fused-ring (bicyclic) bond motifs is 3. The molecular weight excluding hydrogens is 252 g/mol. The van der Waals surface area contributed by atoms with Gasteiger partial charge in [0.15, 0.2) is 0 Å². The molecule has 0 bridgehead atoms. The van der Waals surface area contributed by atoms with Gasteiger partial charge in [-0.1, -0.05) is 18.2 Å². The van der Waals surface area contributed by atoms with E-state index in [2.05, 4.69) is 27.5 Å². The molecule has 2 N–H and O–H groups in total. The molecule has 0 aliphatic carbocycles. The second-order valence-electron chi connectivity index (χ2n) is 5.61. The van der Waals surface area contributed by atoms with E-state index < -0.39 is 0 Å². The lowest BCUT2D eigenvalue weighted by molar-refractivity contribution is 0.164. The van der Waals surface area contributed by atoms with E-state index in [1.54, 1.807) is 6.20 Å². The van der Waals surface area contributed by atoms with Crippen molar-refractivity contribution in [2.75, 3.05) is 18.9 Å². The van der Waals surface area contributed by atoms with E-state index in [1.165, 1.54) is 0 Å². The number of nitrogen functional groups attached to an aromatic ring is 1. The molecule has 1 aliphatic rings. The molecule has 0 radical (unpaired) electrons. The minimum Gasteiger partial charge on any atom is -0.379 e. The van der Waals surface area contributed by atoms with Gasteiger partial charge in [0.2, 0.25) is 5.95 Å². The van der Waals surface area contributed by atoms with Gasteiger partial charge in [0.25, 0.3) is 0 Å². The van der Waals surface area contributed by atoms with Crippen molar-refractivity contribution >= 4 is 27.9 Å². The fraction of sp³-hybridized carbons (Fsp3) is 0.333. The molecule has 1 atom stereocenters. The highest BCUT2D eigenvalue weighted by Crippen LogP contribution is 2.35. The summed E-state index contributed by atoms with van der Waals surface area (Å²) < 4.78 is 7.70. The number of aromatic nitrogens is 3. The summed E-state index contributed by atoms with van der Waals surface area (Å²) >= 11 is 0. The summed E-state index contributed by atoms with van der Waals surface area (Å²) in [6.07, 6.45) is 2.74. The SMILES string of the molecule is CC1(n2c(N)nc3cnc4ccccc4c32)CCOC1. The summed E-state index contributed by atoms with van der Waals surface area (Å²) in [5.74, 6) is 0.533. The minimum absolute atomic E-state index is 0.136. The highest BCUT2D eigenvalue weighted by Gasteiger charge is 2.35. The van der Waals surface area contributed by atoms with Crippen LogP contribution in [0.5, 0.6) is 0 Å². The number of pyridine rings is 1. The highest BCUT2D eigenvalue weighted by atomic mass is 16.5. The van der Waals surface area contributed by atoms with Gasteiger partial charge in [0, 0.05) is 12.0 Å². The molecule has 5 nitrogen and oxygen atoms in total. The predicted molar refractivity (Wildman–Crippen MR) is 78.5 cm³/mol. The van der Waals surface area contributed by atoms with Gasteiger partial charge in [-0.15, -0.1) is 0 Å². The summed E-state index contributed by atoms with van der Waals surface area (Å²) in [4.78, 5) is 8.93. The third-order valence-electron chi connectivity index (χ3n) is 4.15. The first-order chi connectivity index (χ1) is 9.69. The number of hydrogen-bond acceptors (Lipinski definition) is 4. The molecule has 20 heavy (non-hydrogen) atoms. The van der Waals surface area contributed by atoms with Gasteiger partial charge in [-0.3, -0.25) is 4.98 Å². The smallest absolute Gasteiger partial charge is 0.201 e. The molecule has 1 fully saturated rings. The highest BCUT2D eigenvalue weighted by molar-refractivity contribution is 6.03. The molecule has 0 spiro atoms. The van der Waals surface area contributed by atoms with Crippen LogP contribution in [0.4, 0.5) is 5.95 Å². The van der Waals surface area contributed by atoms with E-state index in [4.69, 9.17) is 10.5 Å². The summed E-state index contributed by atoms with van der Waals surface area (Å²) in [6, 6.07) is 8.09. The Morgan fingerprint density at radius 2 is 2.15 bits per heavy atom. The van der Waals surface area contributed by atoms with Gasteiger partial charge in [-0.05, 0) is 19.4 Å². The van der Waals surface area contributed by atoms with E-state index in [1.807, 2.05) is 18.2 Å².